The molecule has 0 bridgehead atoms. The summed E-state index contributed by atoms with van der Waals surface area (Å²) >= 11 is 0. The molecule has 296 valence electrons. The lowest BCUT2D eigenvalue weighted by molar-refractivity contribution is 0.378. The molecular weight excluding hydrogens is 809 g/mol. The number of benzene rings is 9. The van der Waals surface area contributed by atoms with Crippen LogP contribution in [-0.2, 0) is 12.3 Å². The molecule has 0 aliphatic carbocycles. The Morgan fingerprint density at radius 2 is 0.459 bits per heavy atom. The first-order valence-electron chi connectivity index (χ1n) is 20.8. The Hall–Kier alpha value is -6.27. The van der Waals surface area contributed by atoms with Gasteiger partial charge in [0.1, 0.15) is 0 Å². The summed E-state index contributed by atoms with van der Waals surface area (Å²) in [7, 11) is -13.6. The van der Waals surface area contributed by atoms with Crippen LogP contribution in [0.4, 0.5) is 0 Å². The van der Waals surface area contributed by atoms with Crippen LogP contribution in [-0.4, -0.2) is 34.5 Å². The molecule has 61 heavy (non-hydrogen) atoms. The van der Waals surface area contributed by atoms with Crippen molar-refractivity contribution in [3.63, 3.8) is 0 Å². The first kappa shape index (κ1) is 40.1. The van der Waals surface area contributed by atoms with E-state index < -0.39 is 34.5 Å². The number of hydrogen-bond acceptors (Lipinski definition) is 3. The van der Waals surface area contributed by atoms with E-state index in [9.17, 15) is 0 Å². The maximum absolute atomic E-state index is 8.57. The van der Waals surface area contributed by atoms with Gasteiger partial charge in [0.2, 0.25) is 0 Å². The van der Waals surface area contributed by atoms with E-state index in [2.05, 4.69) is 273 Å². The van der Waals surface area contributed by atoms with Crippen LogP contribution in [0.5, 0.6) is 0 Å². The Morgan fingerprint density at radius 1 is 0.230 bits per heavy atom. The second-order valence-electron chi connectivity index (χ2n) is 15.0. The molecule has 0 radical (unpaired) electrons. The minimum Gasteiger partial charge on any atom is -0.424 e. The lowest BCUT2D eigenvalue weighted by atomic mass is 10.3. The lowest BCUT2D eigenvalue weighted by Crippen LogP contribution is -2.80. The average molecular weight is 855 g/mol. The van der Waals surface area contributed by atoms with Crippen LogP contribution >= 0.6 is 0 Å². The van der Waals surface area contributed by atoms with E-state index in [0.29, 0.717) is 0 Å². The molecule has 0 saturated heterocycles. The monoisotopic (exact) mass is 854 g/mol. The number of rotatable bonds is 15. The predicted molar refractivity (Wildman–Crippen MR) is 262 cm³/mol. The second kappa shape index (κ2) is 18.6. The number of hydrogen-bond donors (Lipinski definition) is 0. The van der Waals surface area contributed by atoms with Crippen LogP contribution in [0, 0.1) is 0 Å². The van der Waals surface area contributed by atoms with E-state index in [1.807, 2.05) is 0 Å². The highest BCUT2D eigenvalue weighted by atomic mass is 28.5. The van der Waals surface area contributed by atoms with Gasteiger partial charge in [-0.05, 0) is 46.7 Å². The van der Waals surface area contributed by atoms with Crippen molar-refractivity contribution in [3.8, 4) is 0 Å². The molecule has 0 N–H and O–H groups in total. The van der Waals surface area contributed by atoms with Crippen molar-refractivity contribution in [2.24, 2.45) is 0 Å². The summed E-state index contributed by atoms with van der Waals surface area (Å²) in [6.07, 6.45) is 0. The summed E-state index contributed by atoms with van der Waals surface area (Å²) in [5, 5.41) is 9.95. The normalized spacial score (nSPS) is 12.4. The standard InChI is InChI=1S/C54H46O3Si4/c1-10-28-46(29-11-1)58(55-59(47-30-12-2-13-31-47,48-32-14-3-15-33-48)49-34-16-4-17-35-49)56-61(53-42-24-8-25-43-53,54-44-26-9-27-45-54)57-60(50-36-18-5-19-37-50,51-38-20-6-21-39-51)52-40-22-7-23-41-52/h1-45,58H. The maximum atomic E-state index is 8.57. The van der Waals surface area contributed by atoms with Gasteiger partial charge in [-0.15, -0.1) is 0 Å². The SMILES string of the molecule is c1ccc([SiH](O[Si](O[Si](c2ccccc2)(c2ccccc2)c2ccccc2)(c2ccccc2)c2ccccc2)O[Si](c2ccccc2)(c2ccccc2)c2ccccc2)cc1. The summed E-state index contributed by atoms with van der Waals surface area (Å²) in [6.45, 7) is 0. The van der Waals surface area contributed by atoms with Crippen molar-refractivity contribution in [1.29, 1.82) is 0 Å². The van der Waals surface area contributed by atoms with Gasteiger partial charge in [0.05, 0.1) is 0 Å². The van der Waals surface area contributed by atoms with Gasteiger partial charge in [0.15, 0.2) is 0 Å². The van der Waals surface area contributed by atoms with Gasteiger partial charge in [-0.3, -0.25) is 0 Å². The topological polar surface area (TPSA) is 27.7 Å². The summed E-state index contributed by atoms with van der Waals surface area (Å²) < 4.78 is 25.1. The molecule has 1 unspecified atom stereocenters. The van der Waals surface area contributed by atoms with E-state index in [4.69, 9.17) is 12.3 Å². The van der Waals surface area contributed by atoms with Gasteiger partial charge in [-0.2, -0.15) is 0 Å². The molecule has 0 amide bonds. The minimum absolute atomic E-state index is 1.02. The van der Waals surface area contributed by atoms with Crippen molar-refractivity contribution >= 4 is 81.2 Å². The van der Waals surface area contributed by atoms with Crippen LogP contribution in [0.15, 0.2) is 273 Å². The Bertz CT molecular complexity index is 2470. The Morgan fingerprint density at radius 3 is 0.738 bits per heavy atom. The summed E-state index contributed by atoms with van der Waals surface area (Å²) in [5.74, 6) is 0. The van der Waals surface area contributed by atoms with Crippen molar-refractivity contribution in [2.75, 3.05) is 0 Å². The molecule has 9 aromatic carbocycles. The summed E-state index contributed by atoms with van der Waals surface area (Å²) in [5.41, 5.74) is 0. The fourth-order valence-electron chi connectivity index (χ4n) is 8.48. The quantitative estimate of drug-likeness (QED) is 0.0972. The molecule has 1 atom stereocenters. The molecular formula is C54H46O3Si4. The molecule has 7 heteroatoms. The molecule has 0 saturated carbocycles. The molecule has 0 heterocycles. The van der Waals surface area contributed by atoms with E-state index in [0.717, 1.165) is 46.7 Å². The molecule has 0 aliphatic heterocycles. The highest BCUT2D eigenvalue weighted by Crippen LogP contribution is 2.23. The summed E-state index contributed by atoms with van der Waals surface area (Å²) in [4.78, 5) is 0. The zero-order chi connectivity index (χ0) is 41.2. The van der Waals surface area contributed by atoms with E-state index in [-0.39, 0.29) is 0 Å². The smallest absolute Gasteiger partial charge is 0.388 e. The molecule has 9 aromatic rings. The van der Waals surface area contributed by atoms with Gasteiger partial charge in [-0.25, -0.2) is 0 Å². The average Bonchev–Trinajstić information content (AvgIpc) is 3.36. The summed E-state index contributed by atoms with van der Waals surface area (Å²) in [6, 6.07) is 96.9. The third-order valence-corrected chi connectivity index (χ3v) is 28.1. The van der Waals surface area contributed by atoms with Crippen molar-refractivity contribution in [2.45, 2.75) is 0 Å². The molecule has 0 fully saturated rings. The highest BCUT2D eigenvalue weighted by molar-refractivity contribution is 7.15. The van der Waals surface area contributed by atoms with Gasteiger partial charge in [0.25, 0.3) is 16.6 Å². The third kappa shape index (κ3) is 8.04. The first-order valence-corrected chi connectivity index (χ1v) is 27.9. The Balaban J connectivity index is 1.36. The van der Waals surface area contributed by atoms with Crippen LogP contribution in [0.1, 0.15) is 0 Å². The van der Waals surface area contributed by atoms with E-state index in [1.165, 1.54) is 0 Å². The van der Waals surface area contributed by atoms with Crippen LogP contribution < -0.4 is 46.7 Å². The predicted octanol–water partition coefficient (Wildman–Crippen LogP) is 5.75. The largest absolute Gasteiger partial charge is 0.424 e. The second-order valence-corrected chi connectivity index (χ2v) is 27.6. The fourth-order valence-corrected chi connectivity index (χ4v) is 28.2. The first-order chi connectivity index (χ1) is 30.2. The minimum atomic E-state index is -3.86. The molecule has 0 aliphatic rings. The van der Waals surface area contributed by atoms with Crippen LogP contribution in [0.25, 0.3) is 0 Å². The van der Waals surface area contributed by atoms with Crippen molar-refractivity contribution < 1.29 is 12.3 Å². The van der Waals surface area contributed by atoms with Crippen molar-refractivity contribution in [3.05, 3.63) is 273 Å². The molecule has 3 nitrogen and oxygen atoms in total. The van der Waals surface area contributed by atoms with Gasteiger partial charge in [-0.1, -0.05) is 273 Å². The van der Waals surface area contributed by atoms with Crippen LogP contribution in [0.2, 0.25) is 0 Å². The zero-order valence-corrected chi connectivity index (χ0v) is 37.9. The zero-order valence-electron chi connectivity index (χ0n) is 33.8. The fraction of sp³-hybridized carbons (Fsp3) is 0. The Labute approximate surface area is 364 Å². The van der Waals surface area contributed by atoms with Crippen LogP contribution in [0.3, 0.4) is 0 Å². The van der Waals surface area contributed by atoms with Crippen molar-refractivity contribution in [1.82, 2.24) is 0 Å². The molecule has 0 spiro atoms. The highest BCUT2D eigenvalue weighted by Gasteiger charge is 2.56. The maximum Gasteiger partial charge on any atom is 0.388 e. The lowest BCUT2D eigenvalue weighted by Gasteiger charge is -2.45. The Kier molecular flexibility index (Phi) is 12.2. The van der Waals surface area contributed by atoms with Gasteiger partial charge in [0, 0.05) is 0 Å². The van der Waals surface area contributed by atoms with Gasteiger partial charge < -0.3 is 12.3 Å². The van der Waals surface area contributed by atoms with E-state index in [1.54, 1.807) is 0 Å². The molecule has 9 rings (SSSR count). The van der Waals surface area contributed by atoms with Gasteiger partial charge >= 0.3 is 17.8 Å². The third-order valence-electron chi connectivity index (χ3n) is 11.3. The molecule has 0 aromatic heterocycles. The van der Waals surface area contributed by atoms with E-state index >= 15 is 0 Å².